The third kappa shape index (κ3) is 2.24. The van der Waals surface area contributed by atoms with Crippen molar-refractivity contribution in [2.75, 3.05) is 0 Å². The molecule has 2 aromatic rings. The second-order valence-corrected chi connectivity index (χ2v) is 3.75. The first-order valence-corrected chi connectivity index (χ1v) is 4.88. The van der Waals surface area contributed by atoms with Crippen molar-refractivity contribution in [3.8, 4) is 0 Å². The van der Waals surface area contributed by atoms with Gasteiger partial charge in [0.2, 0.25) is 0 Å². The number of aryl methyl sites for hydroxylation is 2. The van der Waals surface area contributed by atoms with E-state index >= 15 is 0 Å². The molecule has 0 aliphatic rings. The Labute approximate surface area is 88.5 Å². The minimum atomic E-state index is -0.0598. The van der Waals surface area contributed by atoms with Crippen molar-refractivity contribution in [3.05, 3.63) is 35.9 Å². The molecule has 80 valence electrons. The monoisotopic (exact) mass is 205 g/mol. The maximum atomic E-state index is 6.04. The number of rotatable bonds is 3. The van der Waals surface area contributed by atoms with Crippen molar-refractivity contribution in [1.29, 1.82) is 0 Å². The summed E-state index contributed by atoms with van der Waals surface area (Å²) in [6, 6.07) is 1.89. The summed E-state index contributed by atoms with van der Waals surface area (Å²) in [5.41, 5.74) is 8.09. The number of hydrogen-bond acceptors (Lipinski definition) is 3. The molecule has 2 aromatic heterocycles. The van der Waals surface area contributed by atoms with E-state index in [1.165, 1.54) is 0 Å². The standard InChI is InChI=1S/C10H15N5/c1-14-4-3-10(13-14)9(11)5-8-6-12-15(2)7-8/h3-4,6-7,9H,5,11H2,1-2H3. The van der Waals surface area contributed by atoms with Crippen LogP contribution in [0, 0.1) is 0 Å². The number of aromatic nitrogens is 4. The second kappa shape index (κ2) is 3.86. The zero-order valence-electron chi connectivity index (χ0n) is 8.96. The van der Waals surface area contributed by atoms with Crippen LogP contribution in [0.2, 0.25) is 0 Å². The molecule has 0 amide bonds. The second-order valence-electron chi connectivity index (χ2n) is 3.75. The molecule has 0 saturated carbocycles. The highest BCUT2D eigenvalue weighted by molar-refractivity contribution is 5.12. The Balaban J connectivity index is 2.06. The number of nitrogens with two attached hydrogens (primary N) is 1. The van der Waals surface area contributed by atoms with Crippen molar-refractivity contribution in [2.45, 2.75) is 12.5 Å². The van der Waals surface area contributed by atoms with Crippen molar-refractivity contribution < 1.29 is 0 Å². The summed E-state index contributed by atoms with van der Waals surface area (Å²) in [4.78, 5) is 0. The molecule has 5 heteroatoms. The first-order valence-electron chi connectivity index (χ1n) is 4.88. The summed E-state index contributed by atoms with van der Waals surface area (Å²) in [5, 5.41) is 8.38. The fourth-order valence-electron chi connectivity index (χ4n) is 1.57. The van der Waals surface area contributed by atoms with Crippen molar-refractivity contribution in [2.24, 2.45) is 19.8 Å². The summed E-state index contributed by atoms with van der Waals surface area (Å²) in [6.07, 6.45) is 6.48. The first kappa shape index (κ1) is 9.92. The van der Waals surface area contributed by atoms with Crippen LogP contribution in [0.1, 0.15) is 17.3 Å². The fraction of sp³-hybridized carbons (Fsp3) is 0.400. The van der Waals surface area contributed by atoms with Crippen LogP contribution >= 0.6 is 0 Å². The predicted octanol–water partition coefficient (Wildman–Crippen LogP) is 0.396. The molecule has 2 heterocycles. The van der Waals surface area contributed by atoms with E-state index in [2.05, 4.69) is 10.2 Å². The van der Waals surface area contributed by atoms with Crippen LogP contribution in [0.4, 0.5) is 0 Å². The van der Waals surface area contributed by atoms with E-state index in [0.717, 1.165) is 17.7 Å². The summed E-state index contributed by atoms with van der Waals surface area (Å²) in [7, 11) is 3.79. The van der Waals surface area contributed by atoms with E-state index in [1.807, 2.05) is 38.8 Å². The minimum Gasteiger partial charge on any atom is -0.322 e. The van der Waals surface area contributed by atoms with Gasteiger partial charge in [-0.05, 0) is 18.1 Å². The molecule has 0 fully saturated rings. The van der Waals surface area contributed by atoms with Gasteiger partial charge in [0.05, 0.1) is 17.9 Å². The molecule has 2 N–H and O–H groups in total. The van der Waals surface area contributed by atoms with E-state index in [1.54, 1.807) is 9.36 Å². The molecule has 0 aliphatic carbocycles. The molecule has 5 nitrogen and oxygen atoms in total. The van der Waals surface area contributed by atoms with Gasteiger partial charge >= 0.3 is 0 Å². The van der Waals surface area contributed by atoms with Crippen LogP contribution < -0.4 is 5.73 Å². The zero-order chi connectivity index (χ0) is 10.8. The molecule has 0 aromatic carbocycles. The van der Waals surface area contributed by atoms with Crippen molar-refractivity contribution >= 4 is 0 Å². The molecule has 1 unspecified atom stereocenters. The number of hydrogen-bond donors (Lipinski definition) is 1. The molecule has 2 rings (SSSR count). The van der Waals surface area contributed by atoms with E-state index in [-0.39, 0.29) is 6.04 Å². The van der Waals surface area contributed by atoms with Gasteiger partial charge in [-0.25, -0.2) is 0 Å². The summed E-state index contributed by atoms with van der Waals surface area (Å²) >= 11 is 0. The van der Waals surface area contributed by atoms with Crippen LogP contribution in [0.5, 0.6) is 0 Å². The number of nitrogens with zero attached hydrogens (tertiary/aromatic N) is 4. The molecule has 1 atom stereocenters. The highest BCUT2D eigenvalue weighted by Crippen LogP contribution is 2.12. The third-order valence-corrected chi connectivity index (χ3v) is 2.33. The highest BCUT2D eigenvalue weighted by Gasteiger charge is 2.10. The largest absolute Gasteiger partial charge is 0.322 e. The van der Waals surface area contributed by atoms with Crippen LogP contribution in [0.15, 0.2) is 24.7 Å². The van der Waals surface area contributed by atoms with Gasteiger partial charge in [-0.1, -0.05) is 0 Å². The lowest BCUT2D eigenvalue weighted by molar-refractivity contribution is 0.656. The molecule has 0 spiro atoms. The van der Waals surface area contributed by atoms with Gasteiger partial charge in [0.1, 0.15) is 0 Å². The van der Waals surface area contributed by atoms with E-state index in [9.17, 15) is 0 Å². The lowest BCUT2D eigenvalue weighted by atomic mass is 10.1. The van der Waals surface area contributed by atoms with E-state index < -0.39 is 0 Å². The molecular weight excluding hydrogens is 190 g/mol. The van der Waals surface area contributed by atoms with Gasteiger partial charge in [0.15, 0.2) is 0 Å². The predicted molar refractivity (Wildman–Crippen MR) is 57.0 cm³/mol. The summed E-state index contributed by atoms with van der Waals surface area (Å²) in [6.45, 7) is 0. The van der Waals surface area contributed by atoms with E-state index in [0.29, 0.717) is 0 Å². The van der Waals surface area contributed by atoms with Gasteiger partial charge in [0.25, 0.3) is 0 Å². The zero-order valence-corrected chi connectivity index (χ0v) is 8.96. The smallest absolute Gasteiger partial charge is 0.0795 e. The van der Waals surface area contributed by atoms with Crippen molar-refractivity contribution in [3.63, 3.8) is 0 Å². The van der Waals surface area contributed by atoms with Gasteiger partial charge in [-0.2, -0.15) is 10.2 Å². The van der Waals surface area contributed by atoms with Gasteiger partial charge < -0.3 is 5.73 Å². The van der Waals surface area contributed by atoms with Crippen LogP contribution in [-0.4, -0.2) is 19.6 Å². The Morgan fingerprint density at radius 1 is 1.40 bits per heavy atom. The Hall–Kier alpha value is -1.62. The minimum absolute atomic E-state index is 0.0598. The Morgan fingerprint density at radius 3 is 2.73 bits per heavy atom. The molecular formula is C10H15N5. The Bertz CT molecular complexity index is 442. The van der Waals surface area contributed by atoms with Crippen LogP contribution in [0.25, 0.3) is 0 Å². The van der Waals surface area contributed by atoms with Crippen LogP contribution in [-0.2, 0) is 20.5 Å². The van der Waals surface area contributed by atoms with Crippen LogP contribution in [0.3, 0.4) is 0 Å². The third-order valence-electron chi connectivity index (χ3n) is 2.33. The normalized spacial score (nSPS) is 13.0. The highest BCUT2D eigenvalue weighted by atomic mass is 15.3. The summed E-state index contributed by atoms with van der Waals surface area (Å²) in [5.74, 6) is 0. The quantitative estimate of drug-likeness (QED) is 0.788. The molecule has 0 bridgehead atoms. The SMILES string of the molecule is Cn1cc(CC(N)c2ccn(C)n2)cn1. The Morgan fingerprint density at radius 2 is 2.20 bits per heavy atom. The molecule has 0 saturated heterocycles. The van der Waals surface area contributed by atoms with Crippen molar-refractivity contribution in [1.82, 2.24) is 19.6 Å². The van der Waals surface area contributed by atoms with E-state index in [4.69, 9.17) is 5.73 Å². The van der Waals surface area contributed by atoms with Gasteiger partial charge in [-0.15, -0.1) is 0 Å². The lowest BCUT2D eigenvalue weighted by Crippen LogP contribution is -2.14. The maximum Gasteiger partial charge on any atom is 0.0795 e. The molecule has 0 aliphatic heterocycles. The molecule has 15 heavy (non-hydrogen) atoms. The lowest BCUT2D eigenvalue weighted by Gasteiger charge is -2.06. The van der Waals surface area contributed by atoms with Gasteiger partial charge in [0, 0.05) is 26.5 Å². The first-order chi connectivity index (χ1) is 7.15. The fourth-order valence-corrected chi connectivity index (χ4v) is 1.57. The van der Waals surface area contributed by atoms with Gasteiger partial charge in [-0.3, -0.25) is 9.36 Å². The topological polar surface area (TPSA) is 61.7 Å². The molecule has 0 radical (unpaired) electrons. The summed E-state index contributed by atoms with van der Waals surface area (Å²) < 4.78 is 3.54. The average Bonchev–Trinajstić information content (AvgIpc) is 2.75. The Kier molecular flexibility index (Phi) is 2.55. The maximum absolute atomic E-state index is 6.04. The average molecular weight is 205 g/mol.